The minimum atomic E-state index is -4.28. The minimum Gasteiger partial charge on any atom is -0.457 e. The van der Waals surface area contributed by atoms with E-state index in [0.717, 1.165) is 64.2 Å². The summed E-state index contributed by atoms with van der Waals surface area (Å²) in [5, 5.41) is 0. The second-order valence-electron chi connectivity index (χ2n) is 13.8. The van der Waals surface area contributed by atoms with E-state index in [2.05, 4.69) is 62.5 Å². The van der Waals surface area contributed by atoms with Crippen molar-refractivity contribution < 1.29 is 32.8 Å². The van der Waals surface area contributed by atoms with E-state index in [0.29, 0.717) is 13.0 Å². The maximum absolute atomic E-state index is 12.6. The number of rotatable bonds is 40. The Morgan fingerprint density at radius 3 is 1.50 bits per heavy atom. The molecule has 3 N–H and O–H groups in total. The van der Waals surface area contributed by atoms with Crippen LogP contribution in [0.15, 0.2) is 48.6 Å². The van der Waals surface area contributed by atoms with Gasteiger partial charge in [-0.05, 0) is 77.0 Å². The number of carbonyl (C=O) groups excluding carboxylic acids is 1. The molecule has 304 valence electrons. The molecule has 0 aromatic heterocycles. The molecular weight excluding hydrogens is 673 g/mol. The summed E-state index contributed by atoms with van der Waals surface area (Å²) in [5.74, 6) is -0.343. The summed E-state index contributed by atoms with van der Waals surface area (Å²) in [5.41, 5.74) is 5.36. The zero-order valence-electron chi connectivity index (χ0n) is 33.5. The number of phosphoric ester groups is 1. The van der Waals surface area contributed by atoms with Crippen LogP contribution in [0.2, 0.25) is 0 Å². The molecule has 0 bridgehead atoms. The smallest absolute Gasteiger partial charge is 0.457 e. The quantitative estimate of drug-likeness (QED) is 0.0275. The number of unbranched alkanes of at least 4 members (excludes halogenated alkanes) is 19. The topological polar surface area (TPSA) is 117 Å². The third-order valence-corrected chi connectivity index (χ3v) is 9.70. The lowest BCUT2D eigenvalue weighted by molar-refractivity contribution is -0.154. The molecular formula is C43H80NO7P. The second kappa shape index (κ2) is 40.6. The Kier molecular flexibility index (Phi) is 39.4. The molecule has 0 rings (SSSR count). The molecule has 0 saturated carbocycles. The molecule has 0 aromatic carbocycles. The first-order valence-corrected chi connectivity index (χ1v) is 22.6. The molecule has 0 amide bonds. The van der Waals surface area contributed by atoms with Gasteiger partial charge in [-0.3, -0.25) is 13.8 Å². The van der Waals surface area contributed by atoms with E-state index < -0.39 is 13.9 Å². The summed E-state index contributed by atoms with van der Waals surface area (Å²) in [6.45, 7) is 4.83. The summed E-state index contributed by atoms with van der Waals surface area (Å²) in [4.78, 5) is 22.5. The molecule has 2 unspecified atom stereocenters. The highest BCUT2D eigenvalue weighted by molar-refractivity contribution is 7.47. The van der Waals surface area contributed by atoms with Crippen molar-refractivity contribution in [2.75, 3.05) is 33.0 Å². The van der Waals surface area contributed by atoms with Crippen LogP contribution < -0.4 is 5.73 Å². The van der Waals surface area contributed by atoms with Crippen molar-refractivity contribution >= 4 is 13.8 Å². The first-order chi connectivity index (χ1) is 25.4. The molecule has 0 radical (unpaired) electrons. The van der Waals surface area contributed by atoms with Crippen LogP contribution in [-0.4, -0.2) is 49.9 Å². The Morgan fingerprint density at radius 1 is 0.577 bits per heavy atom. The average molecular weight is 754 g/mol. The van der Waals surface area contributed by atoms with Crippen LogP contribution in [0.1, 0.15) is 181 Å². The Morgan fingerprint density at radius 2 is 1.02 bits per heavy atom. The van der Waals surface area contributed by atoms with Gasteiger partial charge in [-0.2, -0.15) is 0 Å². The van der Waals surface area contributed by atoms with E-state index in [1.807, 2.05) is 0 Å². The van der Waals surface area contributed by atoms with Crippen molar-refractivity contribution in [2.24, 2.45) is 5.73 Å². The van der Waals surface area contributed by atoms with Gasteiger partial charge in [0.1, 0.15) is 6.10 Å². The van der Waals surface area contributed by atoms with Crippen molar-refractivity contribution in [1.82, 2.24) is 0 Å². The van der Waals surface area contributed by atoms with Crippen LogP contribution >= 0.6 is 7.82 Å². The third-order valence-electron chi connectivity index (χ3n) is 8.72. The summed E-state index contributed by atoms with van der Waals surface area (Å²) >= 11 is 0. The van der Waals surface area contributed by atoms with Gasteiger partial charge in [0.25, 0.3) is 0 Å². The van der Waals surface area contributed by atoms with E-state index in [9.17, 15) is 14.3 Å². The zero-order valence-corrected chi connectivity index (χ0v) is 34.4. The molecule has 0 aliphatic rings. The van der Waals surface area contributed by atoms with Crippen molar-refractivity contribution in [3.8, 4) is 0 Å². The fourth-order valence-corrected chi connectivity index (χ4v) is 6.35. The first-order valence-electron chi connectivity index (χ1n) is 21.1. The van der Waals surface area contributed by atoms with Gasteiger partial charge in [0.2, 0.25) is 0 Å². The zero-order chi connectivity index (χ0) is 38.1. The minimum absolute atomic E-state index is 0.0956. The number of esters is 1. The summed E-state index contributed by atoms with van der Waals surface area (Å²) < 4.78 is 33.4. The summed E-state index contributed by atoms with van der Waals surface area (Å²) in [6.07, 6.45) is 46.9. The van der Waals surface area contributed by atoms with E-state index in [4.69, 9.17) is 24.3 Å². The monoisotopic (exact) mass is 754 g/mol. The van der Waals surface area contributed by atoms with E-state index >= 15 is 0 Å². The Labute approximate surface area is 320 Å². The van der Waals surface area contributed by atoms with Crippen molar-refractivity contribution in [1.29, 1.82) is 0 Å². The fraction of sp³-hybridized carbons (Fsp3) is 0.791. The molecule has 0 saturated heterocycles. The van der Waals surface area contributed by atoms with Gasteiger partial charge < -0.3 is 20.1 Å². The molecule has 2 atom stereocenters. The maximum atomic E-state index is 12.6. The van der Waals surface area contributed by atoms with Crippen LogP contribution in [0.3, 0.4) is 0 Å². The van der Waals surface area contributed by atoms with Crippen LogP contribution in [0.5, 0.6) is 0 Å². The Hall–Kier alpha value is -1.54. The van der Waals surface area contributed by atoms with E-state index in [1.54, 1.807) is 0 Å². The number of hydrogen-bond acceptors (Lipinski definition) is 7. The largest absolute Gasteiger partial charge is 0.472 e. The number of carbonyl (C=O) groups is 1. The fourth-order valence-electron chi connectivity index (χ4n) is 5.59. The predicted molar refractivity (Wildman–Crippen MR) is 219 cm³/mol. The van der Waals surface area contributed by atoms with Gasteiger partial charge in [-0.1, -0.05) is 146 Å². The van der Waals surface area contributed by atoms with Gasteiger partial charge in [0.05, 0.1) is 19.8 Å². The molecule has 0 spiro atoms. The maximum Gasteiger partial charge on any atom is 0.472 e. The molecule has 8 nitrogen and oxygen atoms in total. The Balaban J connectivity index is 4.08. The van der Waals surface area contributed by atoms with Crippen molar-refractivity contribution in [3.63, 3.8) is 0 Å². The predicted octanol–water partition coefficient (Wildman–Crippen LogP) is 12.4. The van der Waals surface area contributed by atoms with Gasteiger partial charge in [0.15, 0.2) is 0 Å². The lowest BCUT2D eigenvalue weighted by Crippen LogP contribution is -2.28. The average Bonchev–Trinajstić information content (AvgIpc) is 3.13. The second-order valence-corrected chi connectivity index (χ2v) is 15.3. The molecule has 0 aliphatic carbocycles. The number of phosphoric acid groups is 1. The third kappa shape index (κ3) is 39.7. The number of nitrogens with two attached hydrogens (primary N) is 1. The van der Waals surface area contributed by atoms with Crippen LogP contribution in [0, 0.1) is 0 Å². The van der Waals surface area contributed by atoms with Crippen LogP contribution in [0.4, 0.5) is 0 Å². The molecule has 0 aliphatic heterocycles. The lowest BCUT2D eigenvalue weighted by atomic mass is 10.1. The van der Waals surface area contributed by atoms with E-state index in [-0.39, 0.29) is 32.3 Å². The first kappa shape index (κ1) is 50.5. The van der Waals surface area contributed by atoms with E-state index in [1.165, 1.54) is 96.3 Å². The SMILES string of the molecule is CCCCC/C=C\C/C=C\CCCCCCCCCC(=O)OC(COCCCCCCCC/C=C\C/C=C\CCCCC)COP(=O)(O)OCCN. The van der Waals surface area contributed by atoms with Gasteiger partial charge >= 0.3 is 13.8 Å². The molecule has 52 heavy (non-hydrogen) atoms. The van der Waals surface area contributed by atoms with Gasteiger partial charge in [0, 0.05) is 19.6 Å². The number of allylic oxidation sites excluding steroid dienone is 8. The molecule has 0 aromatic rings. The number of ether oxygens (including phenoxy) is 2. The molecule has 0 fully saturated rings. The van der Waals surface area contributed by atoms with Crippen LogP contribution in [0.25, 0.3) is 0 Å². The highest BCUT2D eigenvalue weighted by atomic mass is 31.2. The highest BCUT2D eigenvalue weighted by Gasteiger charge is 2.25. The van der Waals surface area contributed by atoms with Gasteiger partial charge in [-0.15, -0.1) is 0 Å². The van der Waals surface area contributed by atoms with Gasteiger partial charge in [-0.25, -0.2) is 4.57 Å². The number of hydrogen-bond donors (Lipinski definition) is 2. The van der Waals surface area contributed by atoms with Crippen LogP contribution in [-0.2, 0) is 27.9 Å². The summed E-state index contributed by atoms with van der Waals surface area (Å²) in [6, 6.07) is 0. The molecule has 0 heterocycles. The van der Waals surface area contributed by atoms with Crippen molar-refractivity contribution in [2.45, 2.75) is 187 Å². The summed E-state index contributed by atoms with van der Waals surface area (Å²) in [7, 11) is -4.28. The normalized spacial score (nSPS) is 14.0. The molecule has 9 heteroatoms. The lowest BCUT2D eigenvalue weighted by Gasteiger charge is -2.20. The van der Waals surface area contributed by atoms with Crippen molar-refractivity contribution in [3.05, 3.63) is 48.6 Å². The standard InChI is InChI=1S/C43H80NO7P/c1-3-5-7-9-11-13-15-17-19-21-22-24-26-28-30-32-34-36-43(45)51-42(41-50-52(46,47)49-39-37-44)40-48-38-35-33-31-29-27-25-23-20-18-16-14-12-10-8-6-4-2/h11-14,17-20,42H,3-10,15-16,21-41,44H2,1-2H3,(H,46,47)/b13-11-,14-12-,19-17-,20-18-. The Bertz CT molecular complexity index is 936. The highest BCUT2D eigenvalue weighted by Crippen LogP contribution is 2.43.